The Hall–Kier alpha value is -2.50. The highest BCUT2D eigenvalue weighted by atomic mass is 19.1. The average Bonchev–Trinajstić information content (AvgIpc) is 2.38. The Balaban J connectivity index is 2.11. The van der Waals surface area contributed by atoms with Crippen molar-refractivity contribution in [1.82, 2.24) is 4.98 Å². The van der Waals surface area contributed by atoms with Crippen LogP contribution >= 0.6 is 0 Å². The van der Waals surface area contributed by atoms with E-state index in [1.807, 2.05) is 6.92 Å². The van der Waals surface area contributed by atoms with E-state index in [1.165, 1.54) is 6.20 Å². The smallest absolute Gasteiger partial charge is 0.257 e. The summed E-state index contributed by atoms with van der Waals surface area (Å²) in [6, 6.07) is 6.06. The summed E-state index contributed by atoms with van der Waals surface area (Å²) in [6.07, 6.45) is 1.39. The minimum atomic E-state index is -0.749. The number of amides is 1. The van der Waals surface area contributed by atoms with Crippen LogP contribution < -0.4 is 10.6 Å². The molecule has 2 rings (SSSR count). The minimum Gasteiger partial charge on any atom is -0.370 e. The number of pyridine rings is 1. The van der Waals surface area contributed by atoms with Crippen LogP contribution in [-0.2, 0) is 0 Å². The Morgan fingerprint density at radius 1 is 1.20 bits per heavy atom. The summed E-state index contributed by atoms with van der Waals surface area (Å²) in [4.78, 5) is 15.9. The number of hydrogen-bond donors (Lipinski definition) is 2. The number of carbonyl (C=O) groups excluding carboxylic acids is 1. The van der Waals surface area contributed by atoms with E-state index >= 15 is 0 Å². The van der Waals surface area contributed by atoms with Gasteiger partial charge in [-0.25, -0.2) is 13.8 Å². The van der Waals surface area contributed by atoms with Gasteiger partial charge >= 0.3 is 0 Å². The lowest BCUT2D eigenvalue weighted by Crippen LogP contribution is -2.13. The van der Waals surface area contributed by atoms with Crippen molar-refractivity contribution in [3.63, 3.8) is 0 Å². The molecule has 0 bridgehead atoms. The molecule has 6 heteroatoms. The highest BCUT2D eigenvalue weighted by Gasteiger charge is 2.08. The van der Waals surface area contributed by atoms with Gasteiger partial charge in [0.2, 0.25) is 0 Å². The third-order valence-corrected chi connectivity index (χ3v) is 2.50. The quantitative estimate of drug-likeness (QED) is 0.903. The number of anilines is 2. The molecule has 0 aliphatic rings. The van der Waals surface area contributed by atoms with Crippen molar-refractivity contribution in [3.8, 4) is 0 Å². The maximum atomic E-state index is 13.0. The number of halogens is 2. The Morgan fingerprint density at radius 2 is 1.90 bits per heavy atom. The number of nitrogens with zero attached hydrogens (tertiary/aromatic N) is 1. The van der Waals surface area contributed by atoms with Crippen LogP contribution in [0.1, 0.15) is 17.3 Å². The molecular formula is C14H13F2N3O. The highest BCUT2D eigenvalue weighted by molar-refractivity contribution is 6.04. The van der Waals surface area contributed by atoms with Gasteiger partial charge in [-0.05, 0) is 31.2 Å². The lowest BCUT2D eigenvalue weighted by Gasteiger charge is -2.06. The van der Waals surface area contributed by atoms with Crippen LogP contribution in [0.15, 0.2) is 36.5 Å². The molecule has 1 aromatic heterocycles. The summed E-state index contributed by atoms with van der Waals surface area (Å²) in [5.41, 5.74) is 0.361. The molecule has 0 aliphatic carbocycles. The van der Waals surface area contributed by atoms with Crippen LogP contribution in [-0.4, -0.2) is 17.4 Å². The van der Waals surface area contributed by atoms with Gasteiger partial charge in [0.15, 0.2) is 0 Å². The van der Waals surface area contributed by atoms with Gasteiger partial charge in [-0.15, -0.1) is 0 Å². The van der Waals surface area contributed by atoms with E-state index < -0.39 is 17.5 Å². The summed E-state index contributed by atoms with van der Waals surface area (Å²) in [5.74, 6) is -1.33. The zero-order valence-corrected chi connectivity index (χ0v) is 10.8. The van der Waals surface area contributed by atoms with E-state index in [2.05, 4.69) is 15.6 Å². The maximum Gasteiger partial charge on any atom is 0.257 e. The lowest BCUT2D eigenvalue weighted by atomic mass is 10.2. The van der Waals surface area contributed by atoms with E-state index in [4.69, 9.17) is 0 Å². The van der Waals surface area contributed by atoms with Crippen LogP contribution in [0.4, 0.5) is 20.3 Å². The Bertz CT molecular complexity index is 594. The molecule has 0 unspecified atom stereocenters. The minimum absolute atomic E-state index is 0.0586. The lowest BCUT2D eigenvalue weighted by molar-refractivity contribution is 0.102. The zero-order valence-electron chi connectivity index (χ0n) is 10.8. The molecule has 1 heterocycles. The average molecular weight is 277 g/mol. The van der Waals surface area contributed by atoms with Crippen LogP contribution in [0.25, 0.3) is 0 Å². The van der Waals surface area contributed by atoms with Gasteiger partial charge < -0.3 is 10.6 Å². The SMILES string of the molecule is CCNc1ccc(C(=O)Nc2cc(F)cc(F)c2)cn1. The first-order chi connectivity index (χ1) is 9.58. The fourth-order valence-corrected chi connectivity index (χ4v) is 1.64. The second-order valence-corrected chi connectivity index (χ2v) is 4.07. The van der Waals surface area contributed by atoms with Crippen molar-refractivity contribution in [3.05, 3.63) is 53.7 Å². The molecule has 0 aliphatic heterocycles. The molecule has 1 aromatic carbocycles. The molecule has 4 nitrogen and oxygen atoms in total. The van der Waals surface area contributed by atoms with E-state index in [1.54, 1.807) is 12.1 Å². The molecule has 0 radical (unpaired) electrons. The van der Waals surface area contributed by atoms with Crippen molar-refractivity contribution in [2.75, 3.05) is 17.2 Å². The second-order valence-electron chi connectivity index (χ2n) is 4.07. The van der Waals surface area contributed by atoms with Gasteiger partial charge in [0.1, 0.15) is 17.5 Å². The van der Waals surface area contributed by atoms with E-state index in [9.17, 15) is 13.6 Å². The Morgan fingerprint density at radius 3 is 2.45 bits per heavy atom. The van der Waals surface area contributed by atoms with Crippen molar-refractivity contribution < 1.29 is 13.6 Å². The first-order valence-electron chi connectivity index (χ1n) is 6.06. The fourth-order valence-electron chi connectivity index (χ4n) is 1.64. The topological polar surface area (TPSA) is 54.0 Å². The summed E-state index contributed by atoms with van der Waals surface area (Å²) in [5, 5.41) is 5.41. The molecule has 0 atom stereocenters. The van der Waals surface area contributed by atoms with E-state index in [0.717, 1.165) is 24.7 Å². The molecule has 0 fully saturated rings. The van der Waals surface area contributed by atoms with Crippen LogP contribution in [0.2, 0.25) is 0 Å². The molecule has 2 N–H and O–H groups in total. The first-order valence-corrected chi connectivity index (χ1v) is 6.06. The van der Waals surface area contributed by atoms with Gasteiger partial charge in [0, 0.05) is 24.5 Å². The molecule has 20 heavy (non-hydrogen) atoms. The third-order valence-electron chi connectivity index (χ3n) is 2.50. The maximum absolute atomic E-state index is 13.0. The van der Waals surface area contributed by atoms with Gasteiger partial charge in [0.25, 0.3) is 5.91 Å². The molecular weight excluding hydrogens is 264 g/mol. The summed E-state index contributed by atoms with van der Waals surface area (Å²) < 4.78 is 26.0. The van der Waals surface area contributed by atoms with Crippen LogP contribution in [0.3, 0.4) is 0 Å². The number of benzene rings is 1. The number of hydrogen-bond acceptors (Lipinski definition) is 3. The van der Waals surface area contributed by atoms with Gasteiger partial charge in [-0.2, -0.15) is 0 Å². The predicted octanol–water partition coefficient (Wildman–Crippen LogP) is 3.04. The largest absolute Gasteiger partial charge is 0.370 e. The van der Waals surface area contributed by atoms with Gasteiger partial charge in [-0.3, -0.25) is 4.79 Å². The highest BCUT2D eigenvalue weighted by Crippen LogP contribution is 2.14. The van der Waals surface area contributed by atoms with Gasteiger partial charge in [-0.1, -0.05) is 0 Å². The van der Waals surface area contributed by atoms with Crippen molar-refractivity contribution in [2.24, 2.45) is 0 Å². The standard InChI is InChI=1S/C14H13F2N3O/c1-2-17-13-4-3-9(8-18-13)14(20)19-12-6-10(15)5-11(16)7-12/h3-8H,2H2,1H3,(H,17,18)(H,19,20). The fraction of sp³-hybridized carbons (Fsp3) is 0.143. The van der Waals surface area contributed by atoms with Crippen LogP contribution in [0.5, 0.6) is 0 Å². The van der Waals surface area contributed by atoms with Crippen molar-refractivity contribution in [2.45, 2.75) is 6.92 Å². The Labute approximate surface area is 114 Å². The number of nitrogens with one attached hydrogen (secondary N) is 2. The normalized spacial score (nSPS) is 10.2. The number of aromatic nitrogens is 1. The Kier molecular flexibility index (Phi) is 4.24. The molecule has 0 saturated carbocycles. The second kappa shape index (κ2) is 6.10. The van der Waals surface area contributed by atoms with E-state index in [-0.39, 0.29) is 5.69 Å². The number of carbonyl (C=O) groups is 1. The summed E-state index contributed by atoms with van der Waals surface area (Å²) in [6.45, 7) is 2.65. The molecule has 1 amide bonds. The third kappa shape index (κ3) is 3.50. The predicted molar refractivity (Wildman–Crippen MR) is 72.7 cm³/mol. The summed E-state index contributed by atoms with van der Waals surface area (Å²) in [7, 11) is 0. The molecule has 0 spiro atoms. The van der Waals surface area contributed by atoms with Gasteiger partial charge in [0.05, 0.1) is 5.56 Å². The molecule has 104 valence electrons. The van der Waals surface area contributed by atoms with Crippen LogP contribution in [0, 0.1) is 11.6 Å². The first kappa shape index (κ1) is 13.9. The molecule has 2 aromatic rings. The zero-order chi connectivity index (χ0) is 14.5. The number of rotatable bonds is 4. The monoisotopic (exact) mass is 277 g/mol. The molecule has 0 saturated heterocycles. The summed E-state index contributed by atoms with van der Waals surface area (Å²) >= 11 is 0. The van der Waals surface area contributed by atoms with E-state index in [0.29, 0.717) is 11.4 Å². The van der Waals surface area contributed by atoms with Crippen molar-refractivity contribution >= 4 is 17.4 Å². The van der Waals surface area contributed by atoms with Crippen molar-refractivity contribution in [1.29, 1.82) is 0 Å².